The molecule has 162 valence electrons. The Morgan fingerprint density at radius 2 is 1.84 bits per heavy atom. The Balaban J connectivity index is 1.34. The lowest BCUT2D eigenvalue weighted by atomic mass is 9.89. The summed E-state index contributed by atoms with van der Waals surface area (Å²) in [7, 11) is 0. The van der Waals surface area contributed by atoms with Crippen LogP contribution >= 0.6 is 0 Å². The molecule has 0 aliphatic carbocycles. The van der Waals surface area contributed by atoms with Crippen LogP contribution in [0.15, 0.2) is 65.2 Å². The van der Waals surface area contributed by atoms with Crippen molar-refractivity contribution in [3.05, 3.63) is 83.3 Å². The van der Waals surface area contributed by atoms with E-state index in [1.165, 1.54) is 5.56 Å². The van der Waals surface area contributed by atoms with Crippen molar-refractivity contribution in [3.63, 3.8) is 0 Å². The first-order valence-electron chi connectivity index (χ1n) is 10.6. The summed E-state index contributed by atoms with van der Waals surface area (Å²) in [6.45, 7) is 7.05. The van der Waals surface area contributed by atoms with E-state index in [-0.39, 0.29) is 5.41 Å². The minimum atomic E-state index is 0.0851. The highest BCUT2D eigenvalue weighted by molar-refractivity contribution is 5.83. The first kappa shape index (κ1) is 20.1. The summed E-state index contributed by atoms with van der Waals surface area (Å²) >= 11 is 0. The number of hydrogen-bond acceptors (Lipinski definition) is 5. The molecule has 0 unspecified atom stereocenters. The highest BCUT2D eigenvalue weighted by atomic mass is 16.5. The van der Waals surface area contributed by atoms with Crippen molar-refractivity contribution >= 4 is 11.0 Å². The van der Waals surface area contributed by atoms with E-state index in [0.29, 0.717) is 18.9 Å². The van der Waals surface area contributed by atoms with Gasteiger partial charge in [0.15, 0.2) is 11.6 Å². The van der Waals surface area contributed by atoms with Crippen molar-refractivity contribution in [2.45, 2.75) is 39.2 Å². The van der Waals surface area contributed by atoms with Crippen LogP contribution in [0.5, 0.6) is 5.75 Å². The molecule has 2 N–H and O–H groups in total. The number of H-pyrrole nitrogens is 2. The fourth-order valence-electron chi connectivity index (χ4n) is 3.67. The van der Waals surface area contributed by atoms with Gasteiger partial charge in [-0.05, 0) is 52.4 Å². The van der Waals surface area contributed by atoms with Crippen molar-refractivity contribution in [1.29, 1.82) is 0 Å². The summed E-state index contributed by atoms with van der Waals surface area (Å²) in [5.41, 5.74) is 5.34. The molecule has 2 aromatic carbocycles. The number of hydrogen-bond donors (Lipinski definition) is 2. The molecule has 3 aromatic heterocycles. The normalized spacial score (nSPS) is 11.8. The van der Waals surface area contributed by atoms with Gasteiger partial charge in [-0.25, -0.2) is 0 Å². The minimum Gasteiger partial charge on any atom is -0.489 e. The predicted molar refractivity (Wildman–Crippen MR) is 122 cm³/mol. The van der Waals surface area contributed by atoms with Gasteiger partial charge in [0.05, 0.1) is 5.69 Å². The molecule has 0 bridgehead atoms. The standard InChI is InChI=1S/C25H25N5O2/c1-25(2,3)19-13-21(26-14-19)23-11-18-10-20(8-9-22(18)32-23)31-15-17-7-5-4-6-16(17)12-24-27-29-30-28-24/h4-11,13-14,26H,12,15H2,1-3H3,(H,27,28,29,30). The molecule has 0 fully saturated rings. The molecule has 7 nitrogen and oxygen atoms in total. The first-order chi connectivity index (χ1) is 15.5. The predicted octanol–water partition coefficient (Wildman–Crippen LogP) is 5.41. The van der Waals surface area contributed by atoms with E-state index in [2.05, 4.69) is 64.6 Å². The maximum absolute atomic E-state index is 6.11. The topological polar surface area (TPSA) is 92.6 Å². The lowest BCUT2D eigenvalue weighted by Gasteiger charge is -2.15. The Morgan fingerprint density at radius 3 is 2.59 bits per heavy atom. The Bertz CT molecular complexity index is 1340. The molecule has 0 amide bonds. The number of aromatic nitrogens is 5. The van der Waals surface area contributed by atoms with Crippen LogP contribution in [0.1, 0.15) is 43.3 Å². The molecule has 0 saturated heterocycles. The smallest absolute Gasteiger partial charge is 0.178 e. The highest BCUT2D eigenvalue weighted by Gasteiger charge is 2.17. The summed E-state index contributed by atoms with van der Waals surface area (Å²) in [4.78, 5) is 3.33. The second-order valence-corrected chi connectivity index (χ2v) is 8.92. The third-order valence-electron chi connectivity index (χ3n) is 5.55. The zero-order valence-corrected chi connectivity index (χ0v) is 18.3. The van der Waals surface area contributed by atoms with Crippen molar-refractivity contribution in [2.24, 2.45) is 0 Å². The number of furan rings is 1. The molecular formula is C25H25N5O2. The third kappa shape index (κ3) is 4.14. The maximum atomic E-state index is 6.11. The first-order valence-corrected chi connectivity index (χ1v) is 10.6. The van der Waals surface area contributed by atoms with Crippen molar-refractivity contribution in [2.75, 3.05) is 0 Å². The van der Waals surface area contributed by atoms with E-state index in [4.69, 9.17) is 9.15 Å². The fraction of sp³-hybridized carbons (Fsp3) is 0.240. The molecule has 0 spiro atoms. The number of nitrogens with one attached hydrogen (secondary N) is 2. The molecule has 0 aliphatic rings. The minimum absolute atomic E-state index is 0.0851. The van der Waals surface area contributed by atoms with Crippen LogP contribution in [-0.4, -0.2) is 25.6 Å². The Morgan fingerprint density at radius 1 is 1.00 bits per heavy atom. The molecule has 5 rings (SSSR count). The van der Waals surface area contributed by atoms with Gasteiger partial charge in [-0.1, -0.05) is 50.3 Å². The Hall–Kier alpha value is -3.87. The number of tetrazole rings is 1. The van der Waals surface area contributed by atoms with Gasteiger partial charge in [0, 0.05) is 18.0 Å². The van der Waals surface area contributed by atoms with E-state index in [0.717, 1.165) is 39.3 Å². The number of benzene rings is 2. The molecule has 5 aromatic rings. The Kier molecular flexibility index (Phi) is 5.01. The number of rotatable bonds is 6. The zero-order chi connectivity index (χ0) is 22.1. The van der Waals surface area contributed by atoms with Gasteiger partial charge in [0.1, 0.15) is 17.9 Å². The fourth-order valence-corrected chi connectivity index (χ4v) is 3.67. The molecular weight excluding hydrogens is 402 g/mol. The number of ether oxygens (including phenoxy) is 1. The lowest BCUT2D eigenvalue weighted by molar-refractivity contribution is 0.305. The van der Waals surface area contributed by atoms with Crippen LogP contribution < -0.4 is 4.74 Å². The van der Waals surface area contributed by atoms with E-state index < -0.39 is 0 Å². The average molecular weight is 428 g/mol. The summed E-state index contributed by atoms with van der Waals surface area (Å²) in [6.07, 6.45) is 2.65. The molecule has 3 heterocycles. The van der Waals surface area contributed by atoms with Crippen LogP contribution in [0, 0.1) is 0 Å². The van der Waals surface area contributed by atoms with E-state index in [9.17, 15) is 0 Å². The van der Waals surface area contributed by atoms with Crippen molar-refractivity contribution < 1.29 is 9.15 Å². The van der Waals surface area contributed by atoms with Crippen molar-refractivity contribution in [3.8, 4) is 17.2 Å². The largest absolute Gasteiger partial charge is 0.489 e. The van der Waals surface area contributed by atoms with Gasteiger partial charge >= 0.3 is 0 Å². The number of fused-ring (bicyclic) bond motifs is 1. The monoisotopic (exact) mass is 427 g/mol. The highest BCUT2D eigenvalue weighted by Crippen LogP contribution is 2.32. The summed E-state index contributed by atoms with van der Waals surface area (Å²) in [5.74, 6) is 2.27. The van der Waals surface area contributed by atoms with Gasteiger partial charge in [0.25, 0.3) is 0 Å². The van der Waals surface area contributed by atoms with Gasteiger partial charge in [0.2, 0.25) is 0 Å². The average Bonchev–Trinajstić information content (AvgIpc) is 3.52. The maximum Gasteiger partial charge on any atom is 0.178 e. The van der Waals surface area contributed by atoms with Crippen LogP contribution in [-0.2, 0) is 18.4 Å². The molecule has 0 radical (unpaired) electrons. The SMILES string of the molecule is CC(C)(C)c1c[nH]c(-c2cc3cc(OCc4ccccc4Cc4nn[nH]n4)ccc3o2)c1. The molecule has 0 aliphatic heterocycles. The van der Waals surface area contributed by atoms with Crippen LogP contribution in [0.4, 0.5) is 0 Å². The molecule has 0 atom stereocenters. The second-order valence-electron chi connectivity index (χ2n) is 8.92. The second kappa shape index (κ2) is 8.00. The van der Waals surface area contributed by atoms with Crippen molar-refractivity contribution in [1.82, 2.24) is 25.6 Å². The van der Waals surface area contributed by atoms with Crippen LogP contribution in [0.2, 0.25) is 0 Å². The number of nitrogens with zero attached hydrogens (tertiary/aromatic N) is 3. The van der Waals surface area contributed by atoms with Crippen LogP contribution in [0.25, 0.3) is 22.4 Å². The van der Waals surface area contributed by atoms with E-state index in [1.807, 2.05) is 42.6 Å². The quantitative estimate of drug-likeness (QED) is 0.378. The molecule has 0 saturated carbocycles. The summed E-state index contributed by atoms with van der Waals surface area (Å²) < 4.78 is 12.2. The van der Waals surface area contributed by atoms with Gasteiger partial charge in [-0.3, -0.25) is 0 Å². The van der Waals surface area contributed by atoms with E-state index in [1.54, 1.807) is 0 Å². The third-order valence-corrected chi connectivity index (χ3v) is 5.55. The number of aromatic amines is 2. The van der Waals surface area contributed by atoms with Gasteiger partial charge in [-0.2, -0.15) is 5.21 Å². The van der Waals surface area contributed by atoms with Gasteiger partial charge < -0.3 is 14.1 Å². The van der Waals surface area contributed by atoms with Gasteiger partial charge in [-0.15, -0.1) is 10.2 Å². The zero-order valence-electron chi connectivity index (χ0n) is 18.3. The lowest BCUT2D eigenvalue weighted by Crippen LogP contribution is -2.09. The molecule has 7 heteroatoms. The summed E-state index contributed by atoms with van der Waals surface area (Å²) in [5, 5.41) is 15.2. The van der Waals surface area contributed by atoms with E-state index >= 15 is 0 Å². The van der Waals surface area contributed by atoms with Crippen LogP contribution in [0.3, 0.4) is 0 Å². The summed E-state index contributed by atoms with van der Waals surface area (Å²) in [6, 6.07) is 18.2. The Labute approximate surface area is 185 Å². The molecule has 32 heavy (non-hydrogen) atoms.